The molecule has 0 spiro atoms. The molecule has 158 valence electrons. The van der Waals surface area contributed by atoms with Crippen molar-refractivity contribution in [1.82, 2.24) is 10.2 Å². The molecule has 0 saturated carbocycles. The minimum absolute atomic E-state index is 0.120. The highest BCUT2D eigenvalue weighted by atomic mass is 16.5. The Kier molecular flexibility index (Phi) is 5.96. The number of rotatable bonds is 7. The van der Waals surface area contributed by atoms with Crippen LogP contribution in [0.1, 0.15) is 38.8 Å². The van der Waals surface area contributed by atoms with Gasteiger partial charge in [-0.25, -0.2) is 0 Å². The van der Waals surface area contributed by atoms with Crippen molar-refractivity contribution < 1.29 is 28.6 Å². The second-order valence-electron chi connectivity index (χ2n) is 6.94. The molecule has 30 heavy (non-hydrogen) atoms. The number of carbonyl (C=O) groups excluding carboxylic acids is 3. The van der Waals surface area contributed by atoms with Crippen molar-refractivity contribution in [2.24, 2.45) is 0 Å². The fourth-order valence-electron chi connectivity index (χ4n) is 3.40. The van der Waals surface area contributed by atoms with E-state index in [9.17, 15) is 14.4 Å². The molecule has 0 aliphatic carbocycles. The molecule has 0 aromatic heterocycles. The molecule has 2 aromatic carbocycles. The first kappa shape index (κ1) is 21.2. The summed E-state index contributed by atoms with van der Waals surface area (Å²) >= 11 is 0. The lowest BCUT2D eigenvalue weighted by molar-refractivity contribution is -0.124. The number of fused-ring (bicyclic) bond motifs is 1. The summed E-state index contributed by atoms with van der Waals surface area (Å²) in [6.45, 7) is 3.48. The molecule has 0 saturated heterocycles. The second kappa shape index (κ2) is 8.44. The Hall–Kier alpha value is -3.55. The lowest BCUT2D eigenvalue weighted by atomic mass is 10.1. The zero-order valence-electron chi connectivity index (χ0n) is 17.6. The molecule has 1 aliphatic rings. The molecule has 2 aromatic rings. The summed E-state index contributed by atoms with van der Waals surface area (Å²) in [6, 6.07) is 7.44. The third kappa shape index (κ3) is 3.68. The number of benzene rings is 2. The van der Waals surface area contributed by atoms with Gasteiger partial charge in [-0.15, -0.1) is 0 Å². The Labute approximate surface area is 174 Å². The molecule has 1 N–H and O–H groups in total. The van der Waals surface area contributed by atoms with Gasteiger partial charge >= 0.3 is 0 Å². The van der Waals surface area contributed by atoms with Crippen molar-refractivity contribution in [1.29, 1.82) is 0 Å². The largest absolute Gasteiger partial charge is 0.496 e. The van der Waals surface area contributed by atoms with E-state index < -0.39 is 23.8 Å². The Morgan fingerprint density at radius 3 is 2.17 bits per heavy atom. The average molecular weight is 412 g/mol. The maximum Gasteiger partial charge on any atom is 0.262 e. The van der Waals surface area contributed by atoms with E-state index in [1.54, 1.807) is 30.3 Å². The van der Waals surface area contributed by atoms with E-state index in [2.05, 4.69) is 5.32 Å². The van der Waals surface area contributed by atoms with E-state index in [-0.39, 0.29) is 6.54 Å². The lowest BCUT2D eigenvalue weighted by Crippen LogP contribution is -2.47. The van der Waals surface area contributed by atoms with E-state index in [0.717, 1.165) is 10.5 Å². The summed E-state index contributed by atoms with van der Waals surface area (Å²) < 4.78 is 15.9. The number of nitrogens with one attached hydrogen (secondary N) is 1. The summed E-state index contributed by atoms with van der Waals surface area (Å²) in [4.78, 5) is 39.1. The van der Waals surface area contributed by atoms with Crippen molar-refractivity contribution in [3.8, 4) is 17.2 Å². The number of nitrogens with zero attached hydrogens (tertiary/aromatic N) is 1. The van der Waals surface area contributed by atoms with Crippen LogP contribution in [0.3, 0.4) is 0 Å². The molecule has 3 rings (SSSR count). The molecular weight excluding hydrogens is 388 g/mol. The molecule has 1 aliphatic heterocycles. The number of hydrogen-bond acceptors (Lipinski definition) is 6. The van der Waals surface area contributed by atoms with Crippen LogP contribution in [0.15, 0.2) is 30.3 Å². The van der Waals surface area contributed by atoms with Crippen LogP contribution in [0.4, 0.5) is 0 Å². The van der Waals surface area contributed by atoms with Crippen LogP contribution in [0.25, 0.3) is 0 Å². The van der Waals surface area contributed by atoms with Crippen LogP contribution in [0, 0.1) is 6.92 Å². The predicted molar refractivity (Wildman–Crippen MR) is 109 cm³/mol. The number of aryl methyl sites for hydroxylation is 1. The Bertz CT molecular complexity index is 1020. The predicted octanol–water partition coefficient (Wildman–Crippen LogP) is 2.32. The highest BCUT2D eigenvalue weighted by Gasteiger charge is 2.40. The average Bonchev–Trinajstić information content (AvgIpc) is 2.99. The first-order valence-corrected chi connectivity index (χ1v) is 9.37. The molecule has 0 radical (unpaired) electrons. The monoisotopic (exact) mass is 412 g/mol. The van der Waals surface area contributed by atoms with Crippen molar-refractivity contribution in [3.63, 3.8) is 0 Å². The van der Waals surface area contributed by atoms with Crippen LogP contribution in [-0.4, -0.2) is 50.0 Å². The number of ether oxygens (including phenoxy) is 3. The molecular formula is C22H24N2O6. The molecule has 0 unspecified atom stereocenters. The van der Waals surface area contributed by atoms with E-state index in [4.69, 9.17) is 14.2 Å². The van der Waals surface area contributed by atoms with Crippen LogP contribution in [-0.2, 0) is 11.3 Å². The lowest BCUT2D eigenvalue weighted by Gasteiger charge is -2.22. The van der Waals surface area contributed by atoms with Crippen molar-refractivity contribution in [2.45, 2.75) is 26.4 Å². The highest BCUT2D eigenvalue weighted by molar-refractivity contribution is 6.22. The Balaban J connectivity index is 1.76. The minimum atomic E-state index is -0.969. The molecule has 0 fully saturated rings. The fraction of sp³-hybridized carbons (Fsp3) is 0.318. The molecule has 1 atom stereocenters. The van der Waals surface area contributed by atoms with E-state index >= 15 is 0 Å². The Morgan fingerprint density at radius 1 is 0.933 bits per heavy atom. The van der Waals surface area contributed by atoms with Crippen LogP contribution in [0.5, 0.6) is 17.2 Å². The molecule has 8 nitrogen and oxygen atoms in total. The van der Waals surface area contributed by atoms with E-state index in [1.807, 2.05) is 6.92 Å². The van der Waals surface area contributed by atoms with Crippen molar-refractivity contribution in [2.75, 3.05) is 21.3 Å². The standard InChI is InChI=1S/C22H24N2O6/c1-12-6-7-15-16(8-12)22(27)24(21(15)26)13(2)20(25)23-11-14-9-18(29-4)19(30-5)10-17(14)28-3/h6-10,13H,11H2,1-5H3,(H,23,25)/t13-/m1/s1. The van der Waals surface area contributed by atoms with Gasteiger partial charge in [-0.3, -0.25) is 19.3 Å². The molecule has 0 bridgehead atoms. The van der Waals surface area contributed by atoms with Crippen LogP contribution < -0.4 is 19.5 Å². The van der Waals surface area contributed by atoms with Crippen LogP contribution in [0.2, 0.25) is 0 Å². The fourth-order valence-corrected chi connectivity index (χ4v) is 3.40. The maximum absolute atomic E-state index is 12.7. The zero-order chi connectivity index (χ0) is 22.0. The van der Waals surface area contributed by atoms with Crippen LogP contribution >= 0.6 is 0 Å². The first-order chi connectivity index (χ1) is 14.3. The van der Waals surface area contributed by atoms with Gasteiger partial charge in [0, 0.05) is 18.2 Å². The topological polar surface area (TPSA) is 94.2 Å². The van der Waals surface area contributed by atoms with Gasteiger partial charge in [-0.1, -0.05) is 11.6 Å². The van der Waals surface area contributed by atoms with Crippen molar-refractivity contribution in [3.05, 3.63) is 52.6 Å². The molecule has 8 heteroatoms. The number of hydrogen-bond donors (Lipinski definition) is 1. The van der Waals surface area contributed by atoms with E-state index in [1.165, 1.54) is 28.3 Å². The van der Waals surface area contributed by atoms with Gasteiger partial charge in [0.15, 0.2) is 11.5 Å². The summed E-state index contributed by atoms with van der Waals surface area (Å²) in [5.74, 6) is 0.103. The van der Waals surface area contributed by atoms with Gasteiger partial charge < -0.3 is 19.5 Å². The van der Waals surface area contributed by atoms with Gasteiger partial charge in [-0.2, -0.15) is 0 Å². The minimum Gasteiger partial charge on any atom is -0.496 e. The third-order valence-corrected chi connectivity index (χ3v) is 5.08. The van der Waals surface area contributed by atoms with Gasteiger partial charge in [0.1, 0.15) is 11.8 Å². The van der Waals surface area contributed by atoms with Gasteiger partial charge in [0.25, 0.3) is 11.8 Å². The summed E-state index contributed by atoms with van der Waals surface area (Å²) in [5, 5.41) is 2.76. The zero-order valence-corrected chi connectivity index (χ0v) is 17.6. The first-order valence-electron chi connectivity index (χ1n) is 9.37. The third-order valence-electron chi connectivity index (χ3n) is 5.08. The van der Waals surface area contributed by atoms with Gasteiger partial charge in [-0.05, 0) is 32.0 Å². The summed E-state index contributed by atoms with van der Waals surface area (Å²) in [6.07, 6.45) is 0. The van der Waals surface area contributed by atoms with E-state index in [0.29, 0.717) is 33.9 Å². The number of imide groups is 1. The number of amides is 3. The number of methoxy groups -OCH3 is 3. The number of carbonyl (C=O) groups is 3. The van der Waals surface area contributed by atoms with Gasteiger partial charge in [0.05, 0.1) is 32.5 Å². The normalized spacial score (nSPS) is 13.7. The van der Waals surface area contributed by atoms with Crippen molar-refractivity contribution >= 4 is 17.7 Å². The molecule has 3 amide bonds. The summed E-state index contributed by atoms with van der Waals surface area (Å²) in [7, 11) is 4.54. The van der Waals surface area contributed by atoms with Gasteiger partial charge in [0.2, 0.25) is 5.91 Å². The highest BCUT2D eigenvalue weighted by Crippen LogP contribution is 2.34. The quantitative estimate of drug-likeness (QED) is 0.702. The molecule has 1 heterocycles. The smallest absolute Gasteiger partial charge is 0.262 e. The second-order valence-corrected chi connectivity index (χ2v) is 6.94. The maximum atomic E-state index is 12.7. The SMILES string of the molecule is COc1cc(OC)c(OC)cc1CNC(=O)[C@@H](C)N1C(=O)c2ccc(C)cc2C1=O. The Morgan fingerprint density at radius 2 is 1.53 bits per heavy atom. The summed E-state index contributed by atoms with van der Waals surface area (Å²) in [5.41, 5.74) is 2.16.